The average molecular weight is 476 g/mol. The molecular weight excluding hydrogens is 434 g/mol. The molecule has 9 heteroatoms. The molecule has 0 aliphatic carbocycles. The summed E-state index contributed by atoms with van der Waals surface area (Å²) in [6.45, 7) is 7.65. The molecule has 0 fully saturated rings. The minimum absolute atomic E-state index is 0.161. The maximum absolute atomic E-state index is 13.0. The first-order valence-corrected chi connectivity index (χ1v) is 11.9. The van der Waals surface area contributed by atoms with Gasteiger partial charge in [0.1, 0.15) is 12.1 Å². The van der Waals surface area contributed by atoms with Gasteiger partial charge in [-0.15, -0.1) is 0 Å². The van der Waals surface area contributed by atoms with Crippen molar-refractivity contribution < 1.29 is 19.2 Å². The number of hydrogen-bond donors (Lipinski definition) is 5. The van der Waals surface area contributed by atoms with Crippen molar-refractivity contribution in [2.24, 2.45) is 22.8 Å². The Bertz CT molecular complexity index is 811. The highest BCUT2D eigenvalue weighted by molar-refractivity contribution is 5.93. The standard InChI is InChI=1S/C25H41N5O4/c1-17(2)14-20(22(27)32)29-21(31)16-28-23(33)19(12-8-9-13-26)30-24(34)25(3,4)15-18-10-6-5-7-11-18/h5-7,10-11,17,19-20H,8-9,12-16,26H2,1-4H3,(H2,27,32)(H,28,33)(H,29,31)(H,30,34)/t19-,20-/m0/s1. The molecular formula is C25H41N5O4. The molecule has 0 saturated heterocycles. The molecule has 2 atom stereocenters. The van der Waals surface area contributed by atoms with E-state index in [2.05, 4.69) is 16.0 Å². The first-order valence-electron chi connectivity index (χ1n) is 11.9. The van der Waals surface area contributed by atoms with Crippen LogP contribution >= 0.6 is 0 Å². The van der Waals surface area contributed by atoms with Gasteiger partial charge in [-0.1, -0.05) is 58.0 Å². The van der Waals surface area contributed by atoms with E-state index in [0.29, 0.717) is 38.6 Å². The van der Waals surface area contributed by atoms with E-state index in [1.807, 2.05) is 58.0 Å². The average Bonchev–Trinajstić information content (AvgIpc) is 2.76. The van der Waals surface area contributed by atoms with Gasteiger partial charge in [-0.25, -0.2) is 0 Å². The van der Waals surface area contributed by atoms with E-state index in [1.54, 1.807) is 0 Å². The molecule has 9 nitrogen and oxygen atoms in total. The van der Waals surface area contributed by atoms with Gasteiger partial charge in [0, 0.05) is 5.41 Å². The molecule has 4 amide bonds. The molecule has 1 aromatic rings. The third kappa shape index (κ3) is 10.8. The summed E-state index contributed by atoms with van der Waals surface area (Å²) >= 11 is 0. The van der Waals surface area contributed by atoms with Crippen LogP contribution in [0.15, 0.2) is 30.3 Å². The van der Waals surface area contributed by atoms with Crippen LogP contribution in [-0.2, 0) is 25.6 Å². The van der Waals surface area contributed by atoms with Crippen molar-refractivity contribution in [1.29, 1.82) is 0 Å². The lowest BCUT2D eigenvalue weighted by atomic mass is 9.84. The van der Waals surface area contributed by atoms with Crippen LogP contribution in [0.2, 0.25) is 0 Å². The van der Waals surface area contributed by atoms with E-state index < -0.39 is 35.2 Å². The van der Waals surface area contributed by atoms with Crippen LogP contribution < -0.4 is 27.4 Å². The molecule has 0 heterocycles. The summed E-state index contributed by atoms with van der Waals surface area (Å²) in [6, 6.07) is 8.06. The van der Waals surface area contributed by atoms with Crippen LogP contribution in [0, 0.1) is 11.3 Å². The van der Waals surface area contributed by atoms with Gasteiger partial charge in [0.2, 0.25) is 23.6 Å². The minimum Gasteiger partial charge on any atom is -0.368 e. The summed E-state index contributed by atoms with van der Waals surface area (Å²) in [6.07, 6.45) is 2.68. The Kier molecular flexibility index (Phi) is 12.3. The number of nitrogens with one attached hydrogen (secondary N) is 3. The summed E-state index contributed by atoms with van der Waals surface area (Å²) in [5, 5.41) is 7.97. The lowest BCUT2D eigenvalue weighted by molar-refractivity contribution is -0.134. The Morgan fingerprint density at radius 2 is 1.62 bits per heavy atom. The highest BCUT2D eigenvalue weighted by Crippen LogP contribution is 2.22. The highest BCUT2D eigenvalue weighted by Gasteiger charge is 2.31. The number of benzene rings is 1. The fourth-order valence-electron chi connectivity index (χ4n) is 3.56. The van der Waals surface area contributed by atoms with Crippen molar-refractivity contribution in [2.45, 2.75) is 71.9 Å². The fraction of sp³-hybridized carbons (Fsp3) is 0.600. The van der Waals surface area contributed by atoms with Crippen LogP contribution in [0.3, 0.4) is 0 Å². The van der Waals surface area contributed by atoms with Gasteiger partial charge in [-0.2, -0.15) is 0 Å². The Morgan fingerprint density at radius 1 is 0.971 bits per heavy atom. The van der Waals surface area contributed by atoms with Crippen molar-refractivity contribution >= 4 is 23.6 Å². The van der Waals surface area contributed by atoms with E-state index in [1.165, 1.54) is 0 Å². The van der Waals surface area contributed by atoms with E-state index in [0.717, 1.165) is 5.56 Å². The second-order valence-electron chi connectivity index (χ2n) is 9.73. The van der Waals surface area contributed by atoms with Gasteiger partial charge in [0.05, 0.1) is 6.54 Å². The zero-order valence-corrected chi connectivity index (χ0v) is 20.9. The maximum Gasteiger partial charge on any atom is 0.243 e. The smallest absolute Gasteiger partial charge is 0.243 e. The molecule has 0 aliphatic heterocycles. The van der Waals surface area contributed by atoms with Crippen molar-refractivity contribution in [1.82, 2.24) is 16.0 Å². The summed E-state index contributed by atoms with van der Waals surface area (Å²) in [4.78, 5) is 49.7. The van der Waals surface area contributed by atoms with Gasteiger partial charge >= 0.3 is 0 Å². The number of unbranched alkanes of at least 4 members (excludes halogenated alkanes) is 1. The van der Waals surface area contributed by atoms with Gasteiger partial charge in [0.25, 0.3) is 0 Å². The van der Waals surface area contributed by atoms with E-state index >= 15 is 0 Å². The second kappa shape index (κ2) is 14.3. The quantitative estimate of drug-likeness (QED) is 0.239. The molecule has 0 bridgehead atoms. The summed E-state index contributed by atoms with van der Waals surface area (Å²) in [5.41, 5.74) is 11.2. The molecule has 0 spiro atoms. The van der Waals surface area contributed by atoms with Crippen molar-refractivity contribution in [3.8, 4) is 0 Å². The van der Waals surface area contributed by atoms with Gasteiger partial charge in [-0.3, -0.25) is 19.2 Å². The third-order valence-electron chi connectivity index (χ3n) is 5.48. The molecule has 0 unspecified atom stereocenters. The Balaban J connectivity index is 2.75. The molecule has 0 saturated carbocycles. The number of carbonyl (C=O) groups excluding carboxylic acids is 4. The molecule has 7 N–H and O–H groups in total. The van der Waals surface area contributed by atoms with Crippen molar-refractivity contribution in [3.63, 3.8) is 0 Å². The predicted molar refractivity (Wildman–Crippen MR) is 132 cm³/mol. The number of nitrogens with two attached hydrogens (primary N) is 2. The largest absolute Gasteiger partial charge is 0.368 e. The third-order valence-corrected chi connectivity index (χ3v) is 5.48. The first-order chi connectivity index (χ1) is 16.0. The first kappa shape index (κ1) is 29.1. The second-order valence-corrected chi connectivity index (χ2v) is 9.73. The molecule has 0 aromatic heterocycles. The van der Waals surface area contributed by atoms with E-state index in [-0.39, 0.29) is 18.4 Å². The van der Waals surface area contributed by atoms with Crippen LogP contribution in [0.25, 0.3) is 0 Å². The molecule has 1 rings (SSSR count). The Labute approximate surface area is 202 Å². The van der Waals surface area contributed by atoms with Crippen molar-refractivity contribution in [3.05, 3.63) is 35.9 Å². The van der Waals surface area contributed by atoms with E-state index in [4.69, 9.17) is 11.5 Å². The number of carbonyl (C=O) groups is 4. The monoisotopic (exact) mass is 475 g/mol. The van der Waals surface area contributed by atoms with E-state index in [9.17, 15) is 19.2 Å². The predicted octanol–water partition coefficient (Wildman–Crippen LogP) is 1.00. The molecule has 34 heavy (non-hydrogen) atoms. The zero-order valence-electron chi connectivity index (χ0n) is 20.9. The fourth-order valence-corrected chi connectivity index (χ4v) is 3.56. The topological polar surface area (TPSA) is 156 Å². The van der Waals surface area contributed by atoms with Crippen LogP contribution in [0.5, 0.6) is 0 Å². The number of rotatable bonds is 15. The molecule has 0 radical (unpaired) electrons. The Morgan fingerprint density at radius 3 is 2.18 bits per heavy atom. The Hall–Kier alpha value is -2.94. The summed E-state index contributed by atoms with van der Waals surface area (Å²) in [7, 11) is 0. The van der Waals surface area contributed by atoms with Crippen molar-refractivity contribution in [2.75, 3.05) is 13.1 Å². The lowest BCUT2D eigenvalue weighted by Gasteiger charge is -2.27. The summed E-state index contributed by atoms with van der Waals surface area (Å²) in [5.74, 6) is -1.70. The maximum atomic E-state index is 13.0. The van der Waals surface area contributed by atoms with Crippen LogP contribution in [0.4, 0.5) is 0 Å². The number of primary amides is 1. The van der Waals surface area contributed by atoms with Crippen LogP contribution in [-0.4, -0.2) is 48.8 Å². The minimum atomic E-state index is -0.803. The molecule has 1 aromatic carbocycles. The van der Waals surface area contributed by atoms with Gasteiger partial charge in [-0.05, 0) is 50.1 Å². The zero-order chi connectivity index (χ0) is 25.7. The highest BCUT2D eigenvalue weighted by atomic mass is 16.2. The normalized spacial score (nSPS) is 13.1. The number of amides is 4. The van der Waals surface area contributed by atoms with Gasteiger partial charge in [0.15, 0.2) is 0 Å². The molecule has 190 valence electrons. The van der Waals surface area contributed by atoms with Gasteiger partial charge < -0.3 is 27.4 Å². The van der Waals surface area contributed by atoms with Crippen LogP contribution in [0.1, 0.15) is 58.9 Å². The number of hydrogen-bond acceptors (Lipinski definition) is 5. The molecule has 0 aliphatic rings. The lowest BCUT2D eigenvalue weighted by Crippen LogP contribution is -2.53. The summed E-state index contributed by atoms with van der Waals surface area (Å²) < 4.78 is 0. The SMILES string of the molecule is CC(C)C[C@H](NC(=O)CNC(=O)[C@H](CCCCN)NC(=O)C(C)(C)Cc1ccccc1)C(N)=O.